The first kappa shape index (κ1) is 33.5. The van der Waals surface area contributed by atoms with Gasteiger partial charge in [-0.2, -0.15) is 13.5 Å². The first-order chi connectivity index (χ1) is 0. The predicted molar refractivity (Wildman–Crippen MR) is 18.9 cm³/mol. The molecule has 0 aromatic heterocycles. The minimum atomic E-state index is 0. The quantitative estimate of drug-likeness (QED) is 0.510. The Morgan fingerprint density at radius 2 is 1.00 bits per heavy atom. The van der Waals surface area contributed by atoms with Crippen LogP contribution in [0.5, 0.6) is 0 Å². The minimum Gasteiger partial charge on any atom is 0 e. The summed E-state index contributed by atoms with van der Waals surface area (Å²) in [5.41, 5.74) is 0. The summed E-state index contributed by atoms with van der Waals surface area (Å²) in [6.45, 7) is 0. The molecule has 0 unspecified atom stereocenters. The second kappa shape index (κ2) is 18.6. The summed E-state index contributed by atoms with van der Waals surface area (Å²) in [4.78, 5) is 0. The standard InChI is InChI=1S/Cu.H2S.Sn.Zn.2H/h;1H2;;;;. The summed E-state index contributed by atoms with van der Waals surface area (Å²) in [5.74, 6) is 0. The van der Waals surface area contributed by atoms with E-state index in [1.807, 2.05) is 0 Å². The van der Waals surface area contributed by atoms with Gasteiger partial charge in [0.15, 0.2) is 0 Å². The second-order valence-corrected chi connectivity index (χ2v) is 0. The third kappa shape index (κ3) is 8.85. The van der Waals surface area contributed by atoms with E-state index in [9.17, 15) is 0 Å². The zero-order valence-electron chi connectivity index (χ0n) is 2.22. The van der Waals surface area contributed by atoms with Gasteiger partial charge in [-0.15, -0.1) is 0 Å². The molecule has 0 amide bonds. The maximum Gasteiger partial charge on any atom is 0 e. The zero-order valence-corrected chi connectivity index (χ0v) is 11.2. The van der Waals surface area contributed by atoms with Gasteiger partial charge < -0.3 is 0 Å². The Balaban J connectivity index is 0. The third-order valence-electron chi connectivity index (χ3n) is 0. The average Bonchev–Trinajstić information content (AvgIpc) is 0. The van der Waals surface area contributed by atoms with Gasteiger partial charge in [-0.1, -0.05) is 0 Å². The number of hydrogen-bond acceptors (Lipinski definition) is 0. The fraction of sp³-hybridized carbons (Fsp3) is 0. The van der Waals surface area contributed by atoms with Crippen LogP contribution in [-0.2, 0) is 36.5 Å². The molecular weight excluding hydrogens is 280 g/mol. The molecule has 0 spiro atoms. The normalized spacial score (nSPS) is 0. The van der Waals surface area contributed by atoms with Crippen molar-refractivity contribution in [3.05, 3.63) is 0 Å². The molecule has 0 N–H and O–H groups in total. The molecule has 0 aromatic rings. The topological polar surface area (TPSA) is 0 Å². The van der Waals surface area contributed by atoms with Crippen molar-refractivity contribution in [2.24, 2.45) is 0 Å². The Morgan fingerprint density at radius 1 is 1.00 bits per heavy atom. The van der Waals surface area contributed by atoms with Gasteiger partial charge in [0.1, 0.15) is 0 Å². The van der Waals surface area contributed by atoms with Crippen molar-refractivity contribution in [2.75, 3.05) is 0 Å². The van der Waals surface area contributed by atoms with E-state index in [2.05, 4.69) is 0 Å². The first-order valence-electron chi connectivity index (χ1n) is 0. The van der Waals surface area contributed by atoms with Crippen molar-refractivity contribution in [1.29, 1.82) is 0 Å². The van der Waals surface area contributed by atoms with Gasteiger partial charge in [0.2, 0.25) is 0 Å². The van der Waals surface area contributed by atoms with Crippen LogP contribution >= 0.6 is 13.5 Å². The summed E-state index contributed by atoms with van der Waals surface area (Å²) >= 11 is 0. The molecule has 0 aliphatic carbocycles. The maximum atomic E-state index is 0. The molecule has 4 heavy (non-hydrogen) atoms. The molecule has 0 nitrogen and oxygen atoms in total. The number of rotatable bonds is 0. The zero-order chi connectivity index (χ0) is 0. The average molecular weight is 284 g/mol. The Labute approximate surface area is 73.1 Å². The van der Waals surface area contributed by atoms with Crippen molar-refractivity contribution in [1.82, 2.24) is 0 Å². The predicted octanol–water partition coefficient (Wildman–Crippen LogP) is -0.808. The summed E-state index contributed by atoms with van der Waals surface area (Å²) in [6, 6.07) is 0. The molecule has 0 saturated carbocycles. The Morgan fingerprint density at radius 3 is 1.00 bits per heavy atom. The Bertz CT molecular complexity index is 8.00. The van der Waals surface area contributed by atoms with E-state index in [1.165, 1.54) is 0 Å². The van der Waals surface area contributed by atoms with Crippen molar-refractivity contribution in [3.8, 4) is 0 Å². The van der Waals surface area contributed by atoms with E-state index in [0.717, 1.165) is 0 Å². The van der Waals surface area contributed by atoms with Gasteiger partial charge in [0.25, 0.3) is 0 Å². The Kier molecular flexibility index (Phi) is 156. The van der Waals surface area contributed by atoms with Crippen LogP contribution in [0.4, 0.5) is 0 Å². The van der Waals surface area contributed by atoms with Crippen LogP contribution in [0.2, 0.25) is 0 Å². The monoisotopic (exact) mass is 283 g/mol. The Hall–Kier alpha value is 2.29. The molecule has 0 aromatic carbocycles. The van der Waals surface area contributed by atoms with Crippen molar-refractivity contribution < 1.29 is 36.5 Å². The van der Waals surface area contributed by atoms with Crippen molar-refractivity contribution in [3.63, 3.8) is 0 Å². The smallest absolute Gasteiger partial charge is 0 e. The van der Waals surface area contributed by atoms with Gasteiger partial charge in [0.05, 0.1) is 0 Å². The molecule has 0 atom stereocenters. The van der Waals surface area contributed by atoms with Crippen LogP contribution in [0.3, 0.4) is 0 Å². The van der Waals surface area contributed by atoms with Gasteiger partial charge in [-0.3, -0.25) is 0 Å². The maximum absolute atomic E-state index is 0. The molecule has 0 aliphatic heterocycles. The molecule has 0 saturated heterocycles. The van der Waals surface area contributed by atoms with Crippen LogP contribution in [0.25, 0.3) is 0 Å². The van der Waals surface area contributed by atoms with Crippen LogP contribution in [0.15, 0.2) is 0 Å². The fourth-order valence-corrected chi connectivity index (χ4v) is 0. The van der Waals surface area contributed by atoms with Crippen LogP contribution in [0.1, 0.15) is 0 Å². The van der Waals surface area contributed by atoms with Crippen molar-refractivity contribution >= 4 is 37.4 Å². The molecule has 0 heterocycles. The molecule has 0 fully saturated rings. The summed E-state index contributed by atoms with van der Waals surface area (Å²) < 4.78 is 0. The molecule has 0 rings (SSSR count). The van der Waals surface area contributed by atoms with E-state index in [4.69, 9.17) is 0 Å². The SMILES string of the molecule is S.[Cu].[SnH2].[Zn]. The van der Waals surface area contributed by atoms with Crippen LogP contribution < -0.4 is 0 Å². The molecule has 0 bridgehead atoms. The van der Waals surface area contributed by atoms with E-state index in [-0.39, 0.29) is 73.9 Å². The van der Waals surface area contributed by atoms with Crippen LogP contribution in [0, 0.1) is 0 Å². The first-order valence-corrected chi connectivity index (χ1v) is 0. The summed E-state index contributed by atoms with van der Waals surface area (Å²) in [5, 5.41) is 0. The molecule has 4 heteroatoms. The van der Waals surface area contributed by atoms with Gasteiger partial charge in [0, 0.05) is 36.5 Å². The summed E-state index contributed by atoms with van der Waals surface area (Å²) in [6.07, 6.45) is 0. The molecule has 27 valence electrons. The third-order valence-corrected chi connectivity index (χ3v) is 0. The largest absolute Gasteiger partial charge is 0 e. The van der Waals surface area contributed by atoms with E-state index >= 15 is 0 Å². The van der Waals surface area contributed by atoms with Gasteiger partial charge in [-0.05, 0) is 0 Å². The van der Waals surface area contributed by atoms with Crippen LogP contribution in [-0.4, -0.2) is 23.9 Å². The van der Waals surface area contributed by atoms with E-state index < -0.39 is 0 Å². The van der Waals surface area contributed by atoms with E-state index in [0.29, 0.717) is 0 Å². The second-order valence-electron chi connectivity index (χ2n) is 0. The van der Waals surface area contributed by atoms with Gasteiger partial charge >= 0.3 is 23.9 Å². The molecule has 3 radical (unpaired) electrons. The van der Waals surface area contributed by atoms with Crippen molar-refractivity contribution in [2.45, 2.75) is 0 Å². The number of hydrogen-bond donors (Lipinski definition) is 0. The fourth-order valence-electron chi connectivity index (χ4n) is 0. The minimum absolute atomic E-state index is 0. The van der Waals surface area contributed by atoms with E-state index in [1.54, 1.807) is 0 Å². The summed E-state index contributed by atoms with van der Waals surface area (Å²) in [7, 11) is 0. The van der Waals surface area contributed by atoms with Gasteiger partial charge in [-0.25, -0.2) is 0 Å². The molecule has 0 aliphatic rings. The molecular formula is H4CuSSnZn.